The molecule has 0 saturated carbocycles. The summed E-state index contributed by atoms with van der Waals surface area (Å²) in [5.74, 6) is -0.825. The van der Waals surface area contributed by atoms with E-state index in [1.165, 1.54) is 18.3 Å². The average molecular weight is 378 g/mol. The summed E-state index contributed by atoms with van der Waals surface area (Å²) in [5.41, 5.74) is 1.64. The molecule has 1 atom stereocenters. The van der Waals surface area contributed by atoms with Crippen LogP contribution in [-0.2, 0) is 11.2 Å². The van der Waals surface area contributed by atoms with Gasteiger partial charge < -0.3 is 10.3 Å². The van der Waals surface area contributed by atoms with Gasteiger partial charge in [0.25, 0.3) is 5.91 Å². The number of nitrogens with zero attached hydrogens (tertiary/aromatic N) is 1. The number of aromatic amines is 1. The Morgan fingerprint density at radius 3 is 2.68 bits per heavy atom. The second kappa shape index (κ2) is 7.25. The monoisotopic (exact) mass is 377 g/mol. The number of halogens is 2. The third-order valence-electron chi connectivity index (χ3n) is 3.67. The first kappa shape index (κ1) is 17.4. The third kappa shape index (κ3) is 4.18. The number of rotatable bonds is 5. The van der Waals surface area contributed by atoms with Crippen LogP contribution in [-0.4, -0.2) is 27.0 Å². The molecule has 2 N–H and O–H groups in total. The largest absolute Gasteiger partial charge is 0.349 e. The average Bonchev–Trinajstić information content (AvgIpc) is 2.99. The first-order chi connectivity index (χ1) is 11.9. The summed E-state index contributed by atoms with van der Waals surface area (Å²) < 4.78 is 13.0. The number of aromatic nitrogens is 2. The molecule has 0 unspecified atom stereocenters. The molecule has 0 radical (unpaired) electrons. The molecule has 0 aliphatic heterocycles. The van der Waals surface area contributed by atoms with Crippen LogP contribution in [0.15, 0.2) is 42.6 Å². The van der Waals surface area contributed by atoms with Crippen LogP contribution in [0.3, 0.4) is 0 Å². The maximum absolute atomic E-state index is 13.0. The molecule has 0 fully saturated rings. The second-order valence-electron chi connectivity index (χ2n) is 5.47. The molecule has 0 aliphatic rings. The van der Waals surface area contributed by atoms with Crippen LogP contribution in [0.4, 0.5) is 4.39 Å². The zero-order valence-electron chi connectivity index (χ0n) is 12.8. The molecule has 3 aromatic rings. The molecule has 0 aliphatic carbocycles. The molecular formula is C17H13ClFN3O2S. The van der Waals surface area contributed by atoms with Crippen molar-refractivity contribution in [2.45, 2.75) is 12.5 Å². The summed E-state index contributed by atoms with van der Waals surface area (Å²) in [5, 5.41) is 3.19. The number of hydrogen-bond donors (Lipinski definition) is 3. The number of nitrogens with one attached hydrogen (secondary N) is 2. The van der Waals surface area contributed by atoms with Crippen molar-refractivity contribution in [2.75, 3.05) is 0 Å². The van der Waals surface area contributed by atoms with Gasteiger partial charge in [-0.05, 0) is 29.8 Å². The third-order valence-corrected chi connectivity index (χ3v) is 4.19. The molecule has 2 heterocycles. The van der Waals surface area contributed by atoms with Crippen LogP contribution in [0.25, 0.3) is 10.9 Å². The summed E-state index contributed by atoms with van der Waals surface area (Å²) >= 11 is 9.66. The van der Waals surface area contributed by atoms with Crippen LogP contribution >= 0.6 is 24.2 Å². The molecular weight excluding hydrogens is 365 g/mol. The first-order valence-electron chi connectivity index (χ1n) is 7.35. The molecule has 3 rings (SSSR count). The normalized spacial score (nSPS) is 12.1. The van der Waals surface area contributed by atoms with Gasteiger partial charge >= 0.3 is 0 Å². The lowest BCUT2D eigenvalue weighted by Crippen LogP contribution is -2.40. The van der Waals surface area contributed by atoms with E-state index in [1.54, 1.807) is 24.3 Å². The Kier molecular flexibility index (Phi) is 5.06. The predicted octanol–water partition coefficient (Wildman–Crippen LogP) is 3.15. The SMILES string of the molecule is O=C(N[C@@H](Cc1ccc(F)cc1)C(=O)S)c1cc2cc(Cl)ncc2[nH]1. The fraction of sp³-hybridized carbons (Fsp3) is 0.118. The lowest BCUT2D eigenvalue weighted by Gasteiger charge is -2.15. The molecule has 1 aromatic carbocycles. The van der Waals surface area contributed by atoms with E-state index in [2.05, 4.69) is 27.9 Å². The molecule has 5 nitrogen and oxygen atoms in total. The van der Waals surface area contributed by atoms with Crippen molar-refractivity contribution in [3.8, 4) is 0 Å². The maximum atomic E-state index is 13.0. The molecule has 0 spiro atoms. The standard InChI is InChI=1S/C17H13ClFN3O2S/c18-15-7-10-6-12(21-14(10)8-20-15)16(23)22-13(17(24)25)5-9-1-3-11(19)4-2-9/h1-4,6-8,13,21H,5H2,(H,22,23)(H,24,25)/t13-/m0/s1. The number of carbonyl (C=O) groups is 2. The smallest absolute Gasteiger partial charge is 0.268 e. The molecule has 1 amide bonds. The van der Waals surface area contributed by atoms with Gasteiger partial charge in [-0.2, -0.15) is 0 Å². The van der Waals surface area contributed by atoms with E-state index in [9.17, 15) is 14.0 Å². The van der Waals surface area contributed by atoms with Gasteiger partial charge in [0.05, 0.1) is 11.7 Å². The highest BCUT2D eigenvalue weighted by Crippen LogP contribution is 2.18. The van der Waals surface area contributed by atoms with E-state index >= 15 is 0 Å². The number of benzene rings is 1. The highest BCUT2D eigenvalue weighted by molar-refractivity contribution is 7.96. The topological polar surface area (TPSA) is 74.8 Å². The van der Waals surface area contributed by atoms with Crippen LogP contribution in [0, 0.1) is 5.82 Å². The zero-order chi connectivity index (χ0) is 18.0. The van der Waals surface area contributed by atoms with Gasteiger partial charge in [0.1, 0.15) is 22.7 Å². The quantitative estimate of drug-likeness (QED) is 0.472. The predicted molar refractivity (Wildman–Crippen MR) is 96.5 cm³/mol. The van der Waals surface area contributed by atoms with Crippen LogP contribution < -0.4 is 5.32 Å². The Morgan fingerprint density at radius 1 is 1.28 bits per heavy atom. The lowest BCUT2D eigenvalue weighted by atomic mass is 10.1. The van der Waals surface area contributed by atoms with Gasteiger partial charge in [0, 0.05) is 11.8 Å². The summed E-state index contributed by atoms with van der Waals surface area (Å²) in [4.78, 5) is 31.0. The van der Waals surface area contributed by atoms with Crippen molar-refractivity contribution < 1.29 is 14.0 Å². The molecule has 8 heteroatoms. The van der Waals surface area contributed by atoms with E-state index in [0.717, 1.165) is 5.39 Å². The highest BCUT2D eigenvalue weighted by Gasteiger charge is 2.20. The molecule has 0 saturated heterocycles. The lowest BCUT2D eigenvalue weighted by molar-refractivity contribution is -0.112. The summed E-state index contributed by atoms with van der Waals surface area (Å²) in [6, 6.07) is 8.12. The van der Waals surface area contributed by atoms with E-state index in [4.69, 9.17) is 11.6 Å². The minimum absolute atomic E-state index is 0.210. The van der Waals surface area contributed by atoms with Crippen molar-refractivity contribution in [1.82, 2.24) is 15.3 Å². The Labute approximate surface area is 153 Å². The van der Waals surface area contributed by atoms with Gasteiger partial charge in [-0.15, -0.1) is 12.6 Å². The highest BCUT2D eigenvalue weighted by atomic mass is 35.5. The number of fused-ring (bicyclic) bond motifs is 1. The molecule has 0 bridgehead atoms. The number of pyridine rings is 1. The number of carbonyl (C=O) groups excluding carboxylic acids is 2. The van der Waals surface area contributed by atoms with E-state index < -0.39 is 17.1 Å². The number of thiol groups is 1. The maximum Gasteiger partial charge on any atom is 0.268 e. The first-order valence-corrected chi connectivity index (χ1v) is 8.17. The number of H-pyrrole nitrogens is 1. The van der Waals surface area contributed by atoms with Gasteiger partial charge in [-0.1, -0.05) is 23.7 Å². The minimum atomic E-state index is -0.839. The Hall–Kier alpha value is -2.38. The molecule has 2 aromatic heterocycles. The summed E-state index contributed by atoms with van der Waals surface area (Å²) in [7, 11) is 0. The summed E-state index contributed by atoms with van der Waals surface area (Å²) in [6.07, 6.45) is 1.73. The minimum Gasteiger partial charge on any atom is -0.349 e. The molecule has 128 valence electrons. The van der Waals surface area contributed by atoms with Crippen LogP contribution in [0.5, 0.6) is 0 Å². The van der Waals surface area contributed by atoms with Crippen molar-refractivity contribution in [3.63, 3.8) is 0 Å². The van der Waals surface area contributed by atoms with E-state index in [0.29, 0.717) is 16.2 Å². The van der Waals surface area contributed by atoms with E-state index in [1.807, 2.05) is 0 Å². The molecule has 25 heavy (non-hydrogen) atoms. The number of hydrogen-bond acceptors (Lipinski definition) is 3. The van der Waals surface area contributed by atoms with Crippen LogP contribution in [0.1, 0.15) is 16.1 Å². The van der Waals surface area contributed by atoms with Crippen molar-refractivity contribution in [1.29, 1.82) is 0 Å². The second-order valence-corrected chi connectivity index (χ2v) is 6.30. The Bertz CT molecular complexity index is 943. The van der Waals surface area contributed by atoms with Crippen molar-refractivity contribution >= 4 is 46.2 Å². The van der Waals surface area contributed by atoms with Gasteiger partial charge in [0.15, 0.2) is 0 Å². The van der Waals surface area contributed by atoms with Crippen LogP contribution in [0.2, 0.25) is 5.15 Å². The summed E-state index contributed by atoms with van der Waals surface area (Å²) in [6.45, 7) is 0. The number of amides is 1. The zero-order valence-corrected chi connectivity index (χ0v) is 14.4. The van der Waals surface area contributed by atoms with Gasteiger partial charge in [-0.3, -0.25) is 9.59 Å². The fourth-order valence-corrected chi connectivity index (χ4v) is 2.74. The fourth-order valence-electron chi connectivity index (χ4n) is 2.42. The Morgan fingerprint density at radius 2 is 2.00 bits per heavy atom. The Balaban J connectivity index is 1.77. The van der Waals surface area contributed by atoms with Gasteiger partial charge in [0.2, 0.25) is 5.12 Å². The van der Waals surface area contributed by atoms with Crippen molar-refractivity contribution in [3.05, 3.63) is 64.8 Å². The van der Waals surface area contributed by atoms with Crippen molar-refractivity contribution in [2.24, 2.45) is 0 Å². The van der Waals surface area contributed by atoms with E-state index in [-0.39, 0.29) is 17.9 Å². The van der Waals surface area contributed by atoms with Gasteiger partial charge in [-0.25, -0.2) is 9.37 Å².